The highest BCUT2D eigenvalue weighted by Crippen LogP contribution is 2.50. The van der Waals surface area contributed by atoms with E-state index >= 15 is 0 Å². The Hall–Kier alpha value is -7.25. The molecule has 7 heteroatoms. The fourth-order valence-corrected chi connectivity index (χ4v) is 11.4. The molecule has 5 heterocycles. The van der Waals surface area contributed by atoms with E-state index in [1.807, 2.05) is 29.5 Å². The second kappa shape index (κ2) is 11.4. The van der Waals surface area contributed by atoms with E-state index in [1.165, 1.54) is 68.9 Å². The third-order valence-corrected chi connectivity index (χ3v) is 13.7. The summed E-state index contributed by atoms with van der Waals surface area (Å²) in [6, 6.07) is 59.2. The van der Waals surface area contributed by atoms with Crippen molar-refractivity contribution >= 4 is 130 Å². The normalized spacial score (nSPS) is 12.5. The molecule has 0 spiro atoms. The molecule has 9 aromatic carbocycles. The van der Waals surface area contributed by atoms with Gasteiger partial charge in [-0.05, 0) is 98.9 Å². The van der Waals surface area contributed by atoms with Gasteiger partial charge in [0.05, 0.1) is 32.2 Å². The van der Waals surface area contributed by atoms with E-state index in [4.69, 9.17) is 21.0 Å². The van der Waals surface area contributed by atoms with Crippen LogP contribution in [-0.4, -0.2) is 19.1 Å². The van der Waals surface area contributed by atoms with Crippen molar-refractivity contribution in [3.63, 3.8) is 0 Å². The number of para-hydroxylation sites is 2. The number of rotatable bonds is 3. The largest absolute Gasteiger partial charge is 0.437 e. The van der Waals surface area contributed by atoms with Gasteiger partial charge in [-0.2, -0.15) is 9.97 Å². The summed E-state index contributed by atoms with van der Waals surface area (Å²) >= 11 is 8.65. The maximum absolute atomic E-state index is 6.82. The molecule has 0 radical (unpaired) electrons. The molecule has 14 rings (SSSR count). The monoisotopic (exact) mass is 790 g/mol. The fourth-order valence-electron chi connectivity index (χ4n) is 10.0. The van der Waals surface area contributed by atoms with Gasteiger partial charge < -0.3 is 8.98 Å². The summed E-state index contributed by atoms with van der Waals surface area (Å²) in [4.78, 5) is 9.66. The maximum atomic E-state index is 6.82. The van der Waals surface area contributed by atoms with Crippen LogP contribution < -0.4 is 0 Å². The predicted molar refractivity (Wildman–Crippen MR) is 248 cm³/mol. The molecule has 0 saturated heterocycles. The molecule has 0 bridgehead atoms. The van der Waals surface area contributed by atoms with Crippen LogP contribution >= 0.6 is 22.9 Å². The third kappa shape index (κ3) is 4.19. The SMILES string of the molecule is Clc1nc(-n2c3ccc(-c4cc5ccc6cccc7c6c5c(c4)n7-c4ccccc4)cc3c3c4ccccc4c4c5ccccc5sc4c32)c2c(n1)oc1ccccc12. The van der Waals surface area contributed by atoms with Crippen LogP contribution in [0.25, 0.3) is 130 Å². The molecule has 5 nitrogen and oxygen atoms in total. The van der Waals surface area contributed by atoms with Crippen molar-refractivity contribution in [2.24, 2.45) is 0 Å². The van der Waals surface area contributed by atoms with Crippen LogP contribution in [0, 0.1) is 0 Å². The average molecular weight is 791 g/mol. The molecule has 0 aliphatic carbocycles. The molecule has 0 saturated carbocycles. The number of fused-ring (bicyclic) bond motifs is 13. The highest BCUT2D eigenvalue weighted by molar-refractivity contribution is 7.27. The van der Waals surface area contributed by atoms with E-state index in [2.05, 4.69) is 160 Å². The van der Waals surface area contributed by atoms with Gasteiger partial charge in [-0.1, -0.05) is 109 Å². The van der Waals surface area contributed by atoms with E-state index in [-0.39, 0.29) is 5.28 Å². The molecule has 0 N–H and O–H groups in total. The molecular formula is C52H27ClN4OS. The zero-order chi connectivity index (χ0) is 38.5. The van der Waals surface area contributed by atoms with Gasteiger partial charge in [0.15, 0.2) is 5.82 Å². The smallest absolute Gasteiger partial charge is 0.233 e. The lowest BCUT2D eigenvalue weighted by molar-refractivity contribution is 0.652. The van der Waals surface area contributed by atoms with E-state index < -0.39 is 0 Å². The predicted octanol–water partition coefficient (Wildman–Crippen LogP) is 15.0. The number of benzene rings is 9. The van der Waals surface area contributed by atoms with Crippen molar-refractivity contribution in [1.29, 1.82) is 0 Å². The summed E-state index contributed by atoms with van der Waals surface area (Å²) in [5.41, 5.74) is 9.19. The molecule has 59 heavy (non-hydrogen) atoms. The number of hydrogen-bond donors (Lipinski definition) is 0. The molecule has 0 aliphatic rings. The molecule has 0 aliphatic heterocycles. The van der Waals surface area contributed by atoms with Gasteiger partial charge in [0.1, 0.15) is 5.58 Å². The Labute approximate surface area is 343 Å². The number of halogens is 1. The van der Waals surface area contributed by atoms with Gasteiger partial charge in [0, 0.05) is 48.1 Å². The topological polar surface area (TPSA) is 48.8 Å². The number of furan rings is 1. The summed E-state index contributed by atoms with van der Waals surface area (Å²) in [5.74, 6) is 0.700. The molecule has 274 valence electrons. The van der Waals surface area contributed by atoms with Crippen LogP contribution in [0.4, 0.5) is 0 Å². The second-order valence-corrected chi connectivity index (χ2v) is 16.8. The molecule has 0 amide bonds. The summed E-state index contributed by atoms with van der Waals surface area (Å²) in [7, 11) is 0. The number of aromatic nitrogens is 4. The Bertz CT molecular complexity index is 4100. The van der Waals surface area contributed by atoms with Gasteiger partial charge in [0.2, 0.25) is 11.0 Å². The van der Waals surface area contributed by atoms with Crippen molar-refractivity contribution in [3.05, 3.63) is 169 Å². The van der Waals surface area contributed by atoms with Crippen LogP contribution in [0.5, 0.6) is 0 Å². The van der Waals surface area contributed by atoms with Crippen LogP contribution in [0.1, 0.15) is 0 Å². The Morgan fingerprint density at radius 1 is 0.475 bits per heavy atom. The first kappa shape index (κ1) is 31.8. The first-order valence-electron chi connectivity index (χ1n) is 19.7. The van der Waals surface area contributed by atoms with E-state index in [0.717, 1.165) is 49.6 Å². The minimum absolute atomic E-state index is 0.138. The van der Waals surface area contributed by atoms with Gasteiger partial charge in [-0.25, -0.2) is 0 Å². The molecule has 14 aromatic rings. The lowest BCUT2D eigenvalue weighted by Crippen LogP contribution is -2.00. The first-order chi connectivity index (χ1) is 29.2. The zero-order valence-corrected chi connectivity index (χ0v) is 32.6. The average Bonchev–Trinajstić information content (AvgIpc) is 4.03. The fraction of sp³-hybridized carbons (Fsp3) is 0. The highest BCUT2D eigenvalue weighted by Gasteiger charge is 2.26. The standard InChI is InChI=1S/C52H27ClN4OS/c53-52-54-50(47-35-16-6-8-19-41(35)58-51(47)55-52)57-38-24-23-29(26-37(38)45-33-14-4-5-15-34(33)46-36-17-7-9-20-42(36)59-49(46)48(45)57)31-25-30-22-21-28-11-10-18-39-43(28)44(30)40(27-31)56(39)32-12-2-1-3-13-32/h1-27H. The molecule has 5 aromatic heterocycles. The molecular weight excluding hydrogens is 764 g/mol. The van der Waals surface area contributed by atoms with Crippen LogP contribution in [0.15, 0.2) is 168 Å². The van der Waals surface area contributed by atoms with Crippen molar-refractivity contribution in [3.8, 4) is 22.6 Å². The van der Waals surface area contributed by atoms with Crippen LogP contribution in [-0.2, 0) is 0 Å². The first-order valence-corrected chi connectivity index (χ1v) is 20.9. The van der Waals surface area contributed by atoms with Crippen molar-refractivity contribution in [1.82, 2.24) is 19.1 Å². The molecule has 0 unspecified atom stereocenters. The lowest BCUT2D eigenvalue weighted by Gasteiger charge is -2.11. The Morgan fingerprint density at radius 3 is 2.10 bits per heavy atom. The Kier molecular flexibility index (Phi) is 6.17. The van der Waals surface area contributed by atoms with E-state index in [1.54, 1.807) is 0 Å². The Balaban J connectivity index is 1.15. The maximum Gasteiger partial charge on any atom is 0.233 e. The van der Waals surface area contributed by atoms with Gasteiger partial charge in [-0.15, -0.1) is 11.3 Å². The third-order valence-electron chi connectivity index (χ3n) is 12.4. The van der Waals surface area contributed by atoms with E-state index in [0.29, 0.717) is 11.5 Å². The number of nitrogens with zero attached hydrogens (tertiary/aromatic N) is 4. The van der Waals surface area contributed by atoms with Crippen molar-refractivity contribution < 1.29 is 4.42 Å². The number of thiophene rings is 1. The quantitative estimate of drug-likeness (QED) is 0.132. The Morgan fingerprint density at radius 2 is 1.22 bits per heavy atom. The molecule has 0 atom stereocenters. The second-order valence-electron chi connectivity index (χ2n) is 15.4. The van der Waals surface area contributed by atoms with Gasteiger partial charge >= 0.3 is 0 Å². The van der Waals surface area contributed by atoms with Crippen LogP contribution in [0.3, 0.4) is 0 Å². The molecule has 0 fully saturated rings. The summed E-state index contributed by atoms with van der Waals surface area (Å²) in [6.07, 6.45) is 0. The number of hydrogen-bond acceptors (Lipinski definition) is 4. The van der Waals surface area contributed by atoms with Gasteiger partial charge in [0.25, 0.3) is 0 Å². The summed E-state index contributed by atoms with van der Waals surface area (Å²) < 4.78 is 13.5. The lowest BCUT2D eigenvalue weighted by atomic mass is 9.95. The summed E-state index contributed by atoms with van der Waals surface area (Å²) in [5, 5.41) is 14.2. The van der Waals surface area contributed by atoms with E-state index in [9.17, 15) is 0 Å². The highest BCUT2D eigenvalue weighted by atomic mass is 35.5. The minimum Gasteiger partial charge on any atom is -0.437 e. The van der Waals surface area contributed by atoms with Crippen LogP contribution in [0.2, 0.25) is 5.28 Å². The van der Waals surface area contributed by atoms with Crippen molar-refractivity contribution in [2.45, 2.75) is 0 Å². The summed E-state index contributed by atoms with van der Waals surface area (Å²) in [6.45, 7) is 0. The minimum atomic E-state index is 0.138. The zero-order valence-electron chi connectivity index (χ0n) is 31.1. The van der Waals surface area contributed by atoms with Crippen molar-refractivity contribution in [2.75, 3.05) is 0 Å². The van der Waals surface area contributed by atoms with Gasteiger partial charge in [-0.3, -0.25) is 4.57 Å².